The highest BCUT2D eigenvalue weighted by molar-refractivity contribution is 5.80. The lowest BCUT2D eigenvalue weighted by Crippen LogP contribution is -2.41. The summed E-state index contributed by atoms with van der Waals surface area (Å²) in [5.74, 6) is 1.76. The van der Waals surface area contributed by atoms with Crippen molar-refractivity contribution in [3.8, 4) is 5.75 Å². The number of hydrogen-bond acceptors (Lipinski definition) is 5. The van der Waals surface area contributed by atoms with Crippen LogP contribution in [0.4, 0.5) is 0 Å². The number of aliphatic imine (C=N–C) groups is 1. The molecule has 0 saturated carbocycles. The predicted octanol–water partition coefficient (Wildman–Crippen LogP) is 1.15. The van der Waals surface area contributed by atoms with Crippen LogP contribution in [0.1, 0.15) is 12.0 Å². The van der Waals surface area contributed by atoms with Crippen LogP contribution in [0.25, 0.3) is 0 Å². The Bertz CT molecular complexity index is 404. The minimum atomic E-state index is 0.617. The third-order valence-corrected chi connectivity index (χ3v) is 2.86. The van der Waals surface area contributed by atoms with Gasteiger partial charge in [-0.05, 0) is 24.1 Å². The van der Waals surface area contributed by atoms with Gasteiger partial charge in [0.05, 0.1) is 20.3 Å². The average Bonchev–Trinajstić information content (AvgIpc) is 2.49. The molecule has 5 heteroatoms. The van der Waals surface area contributed by atoms with Crippen molar-refractivity contribution in [3.05, 3.63) is 29.8 Å². The Morgan fingerprint density at radius 2 is 2.16 bits per heavy atom. The van der Waals surface area contributed by atoms with Crippen LogP contribution in [0.5, 0.6) is 5.75 Å². The summed E-state index contributed by atoms with van der Waals surface area (Å²) in [6.45, 7) is 3.95. The first-order chi connectivity index (χ1) is 9.38. The summed E-state index contributed by atoms with van der Waals surface area (Å²) in [4.78, 5) is 4.33. The van der Waals surface area contributed by atoms with E-state index >= 15 is 0 Å². The molecule has 1 heterocycles. The number of hydrogen-bond donors (Lipinski definition) is 2. The van der Waals surface area contributed by atoms with Crippen LogP contribution in [0.2, 0.25) is 0 Å². The van der Waals surface area contributed by atoms with Crippen LogP contribution < -0.4 is 15.4 Å². The fourth-order valence-electron chi connectivity index (χ4n) is 1.80. The average molecular weight is 263 g/mol. The van der Waals surface area contributed by atoms with E-state index in [9.17, 15) is 0 Å². The van der Waals surface area contributed by atoms with Crippen LogP contribution in [-0.4, -0.2) is 39.3 Å². The molecule has 0 spiro atoms. The molecule has 1 aromatic rings. The Kier molecular flexibility index (Phi) is 5.49. The van der Waals surface area contributed by atoms with Crippen molar-refractivity contribution in [3.63, 3.8) is 0 Å². The second-order valence-electron chi connectivity index (χ2n) is 4.34. The number of guanidine groups is 1. The molecule has 0 unspecified atom stereocenters. The minimum absolute atomic E-state index is 0.617. The van der Waals surface area contributed by atoms with Gasteiger partial charge >= 0.3 is 0 Å². The molecule has 2 N–H and O–H groups in total. The van der Waals surface area contributed by atoms with Gasteiger partial charge in [0, 0.05) is 19.6 Å². The van der Waals surface area contributed by atoms with Crippen LogP contribution >= 0.6 is 0 Å². The van der Waals surface area contributed by atoms with Gasteiger partial charge in [-0.1, -0.05) is 12.1 Å². The molecule has 2 rings (SSSR count). The molecule has 104 valence electrons. The SMILES string of the molecule is COc1ccc(COCCNC2=NCCCN2)cc1. The Morgan fingerprint density at radius 1 is 1.32 bits per heavy atom. The van der Waals surface area contributed by atoms with E-state index in [1.54, 1.807) is 7.11 Å². The number of nitrogens with zero attached hydrogens (tertiary/aromatic N) is 1. The van der Waals surface area contributed by atoms with Gasteiger partial charge < -0.3 is 20.1 Å². The van der Waals surface area contributed by atoms with Crippen molar-refractivity contribution in [2.75, 3.05) is 33.4 Å². The van der Waals surface area contributed by atoms with Crippen molar-refractivity contribution >= 4 is 5.96 Å². The summed E-state index contributed by atoms with van der Waals surface area (Å²) in [5, 5.41) is 6.43. The summed E-state index contributed by atoms with van der Waals surface area (Å²) >= 11 is 0. The Labute approximate surface area is 114 Å². The highest BCUT2D eigenvalue weighted by atomic mass is 16.5. The molecule has 0 fully saturated rings. The van der Waals surface area contributed by atoms with Crippen LogP contribution in [0.3, 0.4) is 0 Å². The Balaban J connectivity index is 1.59. The third kappa shape index (κ3) is 4.79. The molecule has 1 aromatic carbocycles. The van der Waals surface area contributed by atoms with Crippen molar-refractivity contribution in [1.29, 1.82) is 0 Å². The Hall–Kier alpha value is -1.75. The first-order valence-corrected chi connectivity index (χ1v) is 6.61. The standard InChI is InChI=1S/C14H21N3O2/c1-18-13-5-3-12(4-6-13)11-19-10-9-17-14-15-7-2-8-16-14/h3-6H,2,7-11H2,1H3,(H2,15,16,17). The van der Waals surface area contributed by atoms with Crippen molar-refractivity contribution < 1.29 is 9.47 Å². The summed E-state index contributed by atoms with van der Waals surface area (Å²) in [6.07, 6.45) is 1.11. The fraction of sp³-hybridized carbons (Fsp3) is 0.500. The van der Waals surface area contributed by atoms with Crippen molar-refractivity contribution in [2.24, 2.45) is 4.99 Å². The molecule has 0 amide bonds. The van der Waals surface area contributed by atoms with E-state index in [-0.39, 0.29) is 0 Å². The number of methoxy groups -OCH3 is 1. The molecule has 0 bridgehead atoms. The molecule has 0 radical (unpaired) electrons. The highest BCUT2D eigenvalue weighted by Crippen LogP contribution is 2.11. The number of benzene rings is 1. The number of ether oxygens (including phenoxy) is 2. The summed E-state index contributed by atoms with van der Waals surface area (Å²) in [7, 11) is 1.67. The van der Waals surface area contributed by atoms with Gasteiger partial charge in [0.25, 0.3) is 0 Å². The molecule has 0 saturated heterocycles. The smallest absolute Gasteiger partial charge is 0.191 e. The summed E-state index contributed by atoms with van der Waals surface area (Å²) in [6, 6.07) is 7.91. The van der Waals surface area contributed by atoms with E-state index in [4.69, 9.17) is 9.47 Å². The van der Waals surface area contributed by atoms with E-state index in [0.717, 1.165) is 43.3 Å². The van der Waals surface area contributed by atoms with E-state index in [1.165, 1.54) is 0 Å². The van der Waals surface area contributed by atoms with Gasteiger partial charge in [-0.25, -0.2) is 0 Å². The topological polar surface area (TPSA) is 54.9 Å². The molecule has 1 aliphatic rings. The van der Waals surface area contributed by atoms with Crippen LogP contribution in [0.15, 0.2) is 29.3 Å². The van der Waals surface area contributed by atoms with E-state index in [0.29, 0.717) is 13.2 Å². The van der Waals surface area contributed by atoms with Crippen molar-refractivity contribution in [2.45, 2.75) is 13.0 Å². The maximum atomic E-state index is 5.60. The van der Waals surface area contributed by atoms with E-state index in [1.807, 2.05) is 24.3 Å². The van der Waals surface area contributed by atoms with Gasteiger partial charge in [0.2, 0.25) is 0 Å². The molecule has 0 atom stereocenters. The van der Waals surface area contributed by atoms with Crippen molar-refractivity contribution in [1.82, 2.24) is 10.6 Å². The molecule has 0 aromatic heterocycles. The zero-order valence-electron chi connectivity index (χ0n) is 11.3. The molecule has 0 aliphatic carbocycles. The second kappa shape index (κ2) is 7.63. The molecule has 19 heavy (non-hydrogen) atoms. The Morgan fingerprint density at radius 3 is 2.84 bits per heavy atom. The van der Waals surface area contributed by atoms with Crippen LogP contribution in [0, 0.1) is 0 Å². The van der Waals surface area contributed by atoms with Gasteiger partial charge in [-0.2, -0.15) is 0 Å². The highest BCUT2D eigenvalue weighted by Gasteiger charge is 2.02. The lowest BCUT2D eigenvalue weighted by molar-refractivity contribution is 0.125. The normalized spacial score (nSPS) is 14.5. The maximum absolute atomic E-state index is 5.60. The van der Waals surface area contributed by atoms with Gasteiger partial charge in [0.15, 0.2) is 5.96 Å². The van der Waals surface area contributed by atoms with Gasteiger partial charge in [-0.3, -0.25) is 4.99 Å². The first kappa shape index (κ1) is 13.7. The lowest BCUT2D eigenvalue weighted by atomic mass is 10.2. The lowest BCUT2D eigenvalue weighted by Gasteiger charge is -2.15. The molecular weight excluding hydrogens is 242 g/mol. The van der Waals surface area contributed by atoms with Gasteiger partial charge in [-0.15, -0.1) is 0 Å². The van der Waals surface area contributed by atoms with E-state index < -0.39 is 0 Å². The largest absolute Gasteiger partial charge is 0.497 e. The monoisotopic (exact) mass is 263 g/mol. The number of nitrogens with one attached hydrogen (secondary N) is 2. The maximum Gasteiger partial charge on any atom is 0.191 e. The second-order valence-corrected chi connectivity index (χ2v) is 4.34. The minimum Gasteiger partial charge on any atom is -0.497 e. The molecule has 5 nitrogen and oxygen atoms in total. The predicted molar refractivity (Wildman–Crippen MR) is 75.6 cm³/mol. The molecule has 1 aliphatic heterocycles. The van der Waals surface area contributed by atoms with Crippen LogP contribution in [-0.2, 0) is 11.3 Å². The summed E-state index contributed by atoms with van der Waals surface area (Å²) < 4.78 is 10.7. The zero-order chi connectivity index (χ0) is 13.3. The number of rotatable bonds is 6. The zero-order valence-corrected chi connectivity index (χ0v) is 11.3. The molecular formula is C14H21N3O2. The fourth-order valence-corrected chi connectivity index (χ4v) is 1.80. The third-order valence-electron chi connectivity index (χ3n) is 2.86. The first-order valence-electron chi connectivity index (χ1n) is 6.61. The summed E-state index contributed by atoms with van der Waals surface area (Å²) in [5.41, 5.74) is 1.15. The van der Waals surface area contributed by atoms with E-state index in [2.05, 4.69) is 15.6 Å². The quantitative estimate of drug-likeness (QED) is 0.756. The van der Waals surface area contributed by atoms with Gasteiger partial charge in [0.1, 0.15) is 5.75 Å².